The van der Waals surface area contributed by atoms with Crippen molar-refractivity contribution in [1.29, 1.82) is 0 Å². The zero-order valence-corrected chi connectivity index (χ0v) is 16.0. The Balaban J connectivity index is 1.78. The molecular formula is C18H19N3O2S2. The first-order chi connectivity index (χ1) is 12.0. The third-order valence-electron chi connectivity index (χ3n) is 4.03. The van der Waals surface area contributed by atoms with Crippen molar-refractivity contribution in [3.63, 3.8) is 0 Å². The van der Waals surface area contributed by atoms with Gasteiger partial charge in [0, 0.05) is 17.1 Å². The van der Waals surface area contributed by atoms with Crippen molar-refractivity contribution in [3.8, 4) is 0 Å². The maximum Gasteiger partial charge on any atom is 0.260 e. The fraction of sp³-hybridized carbons (Fsp3) is 0.278. The second-order valence-electron chi connectivity index (χ2n) is 5.60. The van der Waals surface area contributed by atoms with Crippen molar-refractivity contribution in [3.05, 3.63) is 51.1 Å². The van der Waals surface area contributed by atoms with Gasteiger partial charge in [-0.05, 0) is 38.5 Å². The molecule has 0 atom stereocenters. The quantitative estimate of drug-likeness (QED) is 0.546. The minimum atomic E-state index is -0.141. The van der Waals surface area contributed by atoms with E-state index in [1.54, 1.807) is 4.90 Å². The number of carbonyl (C=O) groups excluding carboxylic acids is 1. The first-order valence-corrected chi connectivity index (χ1v) is 9.79. The van der Waals surface area contributed by atoms with E-state index in [4.69, 9.17) is 0 Å². The summed E-state index contributed by atoms with van der Waals surface area (Å²) in [6.45, 7) is 6.45. The van der Waals surface area contributed by atoms with Gasteiger partial charge in [0.25, 0.3) is 5.56 Å². The van der Waals surface area contributed by atoms with Crippen molar-refractivity contribution in [2.24, 2.45) is 0 Å². The summed E-state index contributed by atoms with van der Waals surface area (Å²) < 4.78 is 0. The van der Waals surface area contributed by atoms with Crippen molar-refractivity contribution >= 4 is 44.9 Å². The number of thiophene rings is 1. The number of thioether (sulfide) groups is 1. The van der Waals surface area contributed by atoms with E-state index in [1.807, 2.05) is 51.1 Å². The number of anilines is 1. The fourth-order valence-electron chi connectivity index (χ4n) is 2.62. The average molecular weight is 374 g/mol. The molecule has 5 nitrogen and oxygen atoms in total. The average Bonchev–Trinajstić information content (AvgIpc) is 2.89. The van der Waals surface area contributed by atoms with Crippen LogP contribution in [-0.4, -0.2) is 28.2 Å². The Morgan fingerprint density at radius 1 is 1.28 bits per heavy atom. The standard InChI is InChI=1S/C18H19N3O2S2/c1-4-21(13-8-6-5-7-9-13)14(22)10-24-18-19-16(23)15-11(2)12(3)25-17(15)20-18/h5-9H,4,10H2,1-3H3,(H,19,20,23). The van der Waals surface area contributed by atoms with Gasteiger partial charge >= 0.3 is 0 Å². The lowest BCUT2D eigenvalue weighted by Crippen LogP contribution is -2.32. The second-order valence-corrected chi connectivity index (χ2v) is 7.76. The van der Waals surface area contributed by atoms with Crippen LogP contribution in [-0.2, 0) is 4.79 Å². The van der Waals surface area contributed by atoms with Gasteiger partial charge in [0.2, 0.25) is 5.91 Å². The molecule has 1 amide bonds. The summed E-state index contributed by atoms with van der Waals surface area (Å²) in [6, 6.07) is 9.57. The van der Waals surface area contributed by atoms with Gasteiger partial charge in [0.15, 0.2) is 5.16 Å². The molecule has 0 aliphatic heterocycles. The monoisotopic (exact) mass is 373 g/mol. The number of H-pyrrole nitrogens is 1. The molecule has 0 aliphatic carbocycles. The molecule has 2 heterocycles. The third-order valence-corrected chi connectivity index (χ3v) is 5.99. The van der Waals surface area contributed by atoms with Gasteiger partial charge in [-0.15, -0.1) is 11.3 Å². The van der Waals surface area contributed by atoms with Gasteiger partial charge in [-0.1, -0.05) is 30.0 Å². The zero-order chi connectivity index (χ0) is 18.0. The highest BCUT2D eigenvalue weighted by Crippen LogP contribution is 2.27. The van der Waals surface area contributed by atoms with Crippen LogP contribution in [0.5, 0.6) is 0 Å². The molecule has 0 aliphatic rings. The number of hydrogen-bond acceptors (Lipinski definition) is 5. The van der Waals surface area contributed by atoms with Crippen molar-refractivity contribution in [2.75, 3.05) is 17.2 Å². The number of rotatable bonds is 5. The SMILES string of the molecule is CCN(C(=O)CSc1nc2sc(C)c(C)c2c(=O)[nH]1)c1ccccc1. The Labute approximate surface area is 154 Å². The van der Waals surface area contributed by atoms with Crippen LogP contribution < -0.4 is 10.5 Å². The maximum absolute atomic E-state index is 12.5. The summed E-state index contributed by atoms with van der Waals surface area (Å²) >= 11 is 2.77. The number of aryl methyl sites for hydroxylation is 2. The van der Waals surface area contributed by atoms with Crippen LogP contribution in [0.25, 0.3) is 10.2 Å². The highest BCUT2D eigenvalue weighted by molar-refractivity contribution is 7.99. The molecule has 3 aromatic rings. The maximum atomic E-state index is 12.5. The topological polar surface area (TPSA) is 66.1 Å². The molecule has 0 saturated heterocycles. The molecule has 0 fully saturated rings. The predicted molar refractivity (Wildman–Crippen MR) is 105 cm³/mol. The van der Waals surface area contributed by atoms with Crippen molar-refractivity contribution in [2.45, 2.75) is 25.9 Å². The lowest BCUT2D eigenvalue weighted by molar-refractivity contribution is -0.116. The molecule has 25 heavy (non-hydrogen) atoms. The van der Waals surface area contributed by atoms with Gasteiger partial charge < -0.3 is 9.88 Å². The van der Waals surface area contributed by atoms with Crippen LogP contribution in [0, 0.1) is 13.8 Å². The smallest absolute Gasteiger partial charge is 0.260 e. The largest absolute Gasteiger partial charge is 0.312 e. The number of para-hydroxylation sites is 1. The highest BCUT2D eigenvalue weighted by Gasteiger charge is 2.16. The van der Waals surface area contributed by atoms with E-state index in [1.165, 1.54) is 23.1 Å². The van der Waals surface area contributed by atoms with Crippen LogP contribution in [0.1, 0.15) is 17.4 Å². The van der Waals surface area contributed by atoms with E-state index in [0.29, 0.717) is 17.1 Å². The number of carbonyl (C=O) groups is 1. The summed E-state index contributed by atoms with van der Waals surface area (Å²) in [4.78, 5) is 35.7. The lowest BCUT2D eigenvalue weighted by atomic mass is 10.2. The van der Waals surface area contributed by atoms with Gasteiger partial charge in [-0.2, -0.15) is 0 Å². The van der Waals surface area contributed by atoms with E-state index in [2.05, 4.69) is 9.97 Å². The first-order valence-electron chi connectivity index (χ1n) is 7.99. The van der Waals surface area contributed by atoms with Crippen LogP contribution in [0.3, 0.4) is 0 Å². The molecule has 0 spiro atoms. The van der Waals surface area contributed by atoms with E-state index < -0.39 is 0 Å². The summed E-state index contributed by atoms with van der Waals surface area (Å²) in [6.07, 6.45) is 0. The molecule has 0 unspecified atom stereocenters. The molecule has 0 saturated carbocycles. The molecule has 0 bridgehead atoms. The Morgan fingerprint density at radius 3 is 2.68 bits per heavy atom. The van der Waals surface area contributed by atoms with Gasteiger partial charge in [0.1, 0.15) is 4.83 Å². The molecule has 1 aromatic carbocycles. The molecule has 7 heteroatoms. The minimum absolute atomic E-state index is 0.0139. The number of nitrogens with zero attached hydrogens (tertiary/aromatic N) is 2. The van der Waals surface area contributed by atoms with Gasteiger partial charge in [0.05, 0.1) is 11.1 Å². The van der Waals surface area contributed by atoms with E-state index in [9.17, 15) is 9.59 Å². The number of nitrogens with one attached hydrogen (secondary N) is 1. The van der Waals surface area contributed by atoms with Gasteiger partial charge in [-0.25, -0.2) is 4.98 Å². The number of aromatic amines is 1. The summed E-state index contributed by atoms with van der Waals surface area (Å²) in [7, 11) is 0. The number of fused-ring (bicyclic) bond motifs is 1. The Kier molecular flexibility index (Phi) is 5.24. The van der Waals surface area contributed by atoms with E-state index >= 15 is 0 Å². The van der Waals surface area contributed by atoms with Crippen LogP contribution in [0.15, 0.2) is 40.3 Å². The summed E-state index contributed by atoms with van der Waals surface area (Å²) in [5.74, 6) is 0.209. The molecule has 130 valence electrons. The van der Waals surface area contributed by atoms with Crippen molar-refractivity contribution < 1.29 is 4.79 Å². The molecular weight excluding hydrogens is 354 g/mol. The lowest BCUT2D eigenvalue weighted by Gasteiger charge is -2.20. The normalized spacial score (nSPS) is 11.0. The highest BCUT2D eigenvalue weighted by atomic mass is 32.2. The van der Waals surface area contributed by atoms with Gasteiger partial charge in [-0.3, -0.25) is 9.59 Å². The first kappa shape index (κ1) is 17.7. The Bertz CT molecular complexity index is 964. The predicted octanol–water partition coefficient (Wildman–Crippen LogP) is 3.75. The minimum Gasteiger partial charge on any atom is -0.312 e. The van der Waals surface area contributed by atoms with E-state index in [-0.39, 0.29) is 17.2 Å². The Hall–Kier alpha value is -2.12. The number of aromatic nitrogens is 2. The number of amides is 1. The van der Waals surface area contributed by atoms with Crippen molar-refractivity contribution in [1.82, 2.24) is 9.97 Å². The fourth-order valence-corrected chi connectivity index (χ4v) is 4.45. The molecule has 3 rings (SSSR count). The van der Waals surface area contributed by atoms with Crippen LogP contribution >= 0.6 is 23.1 Å². The van der Waals surface area contributed by atoms with Crippen LogP contribution in [0.4, 0.5) is 5.69 Å². The summed E-state index contributed by atoms with van der Waals surface area (Å²) in [5.41, 5.74) is 1.71. The summed E-state index contributed by atoms with van der Waals surface area (Å²) in [5, 5.41) is 1.13. The third kappa shape index (κ3) is 3.62. The van der Waals surface area contributed by atoms with E-state index in [0.717, 1.165) is 21.0 Å². The number of hydrogen-bond donors (Lipinski definition) is 1. The Morgan fingerprint density at radius 2 is 2.00 bits per heavy atom. The molecule has 2 aromatic heterocycles. The van der Waals surface area contributed by atoms with Crippen LogP contribution in [0.2, 0.25) is 0 Å². The second kappa shape index (κ2) is 7.41. The zero-order valence-electron chi connectivity index (χ0n) is 14.3. The molecule has 1 N–H and O–H groups in total. The number of benzene rings is 1. The molecule has 0 radical (unpaired) electrons.